The molecule has 8 nitrogen and oxygen atoms in total. The lowest BCUT2D eigenvalue weighted by atomic mass is 9.90. The van der Waals surface area contributed by atoms with Crippen LogP contribution in [0.3, 0.4) is 0 Å². The SMILES string of the molecule is COc1ccc2ccccc2c1C1C(C(=O)OCCc2ccccc2)=C(C)Nc2nnnn21. The summed E-state index contributed by atoms with van der Waals surface area (Å²) in [7, 11) is 1.61. The number of rotatable bonds is 6. The van der Waals surface area contributed by atoms with E-state index in [1.54, 1.807) is 11.8 Å². The van der Waals surface area contributed by atoms with Crippen LogP contribution >= 0.6 is 0 Å². The highest BCUT2D eigenvalue weighted by atomic mass is 16.5. The van der Waals surface area contributed by atoms with Crippen molar-refractivity contribution in [2.45, 2.75) is 19.4 Å². The average Bonchev–Trinajstić information content (AvgIpc) is 3.31. The molecule has 1 aliphatic heterocycles. The predicted molar refractivity (Wildman–Crippen MR) is 124 cm³/mol. The fourth-order valence-corrected chi connectivity index (χ4v) is 4.26. The van der Waals surface area contributed by atoms with E-state index < -0.39 is 12.0 Å². The van der Waals surface area contributed by atoms with Crippen LogP contribution in [-0.2, 0) is 16.0 Å². The molecule has 0 saturated heterocycles. The number of benzene rings is 3. The zero-order chi connectivity index (χ0) is 22.8. The summed E-state index contributed by atoms with van der Waals surface area (Å²) in [5.41, 5.74) is 2.99. The number of aromatic nitrogens is 4. The van der Waals surface area contributed by atoms with E-state index in [4.69, 9.17) is 9.47 Å². The van der Waals surface area contributed by atoms with Gasteiger partial charge in [-0.3, -0.25) is 0 Å². The van der Waals surface area contributed by atoms with Gasteiger partial charge in [0.2, 0.25) is 5.95 Å². The Bertz CT molecular complexity index is 1350. The highest BCUT2D eigenvalue weighted by molar-refractivity contribution is 5.96. The fourth-order valence-electron chi connectivity index (χ4n) is 4.26. The Morgan fingerprint density at radius 2 is 1.85 bits per heavy atom. The van der Waals surface area contributed by atoms with Crippen molar-refractivity contribution >= 4 is 22.7 Å². The number of ether oxygens (including phenoxy) is 2. The van der Waals surface area contributed by atoms with E-state index in [0.717, 1.165) is 21.9 Å². The van der Waals surface area contributed by atoms with Gasteiger partial charge in [-0.25, -0.2) is 4.79 Å². The molecule has 2 heterocycles. The van der Waals surface area contributed by atoms with Crippen LogP contribution in [0.2, 0.25) is 0 Å². The molecule has 1 atom stereocenters. The number of methoxy groups -OCH3 is 1. The van der Waals surface area contributed by atoms with Crippen LogP contribution in [0.4, 0.5) is 5.95 Å². The molecule has 33 heavy (non-hydrogen) atoms. The van der Waals surface area contributed by atoms with Crippen molar-refractivity contribution in [3.63, 3.8) is 0 Å². The highest BCUT2D eigenvalue weighted by Gasteiger charge is 2.37. The first-order valence-electron chi connectivity index (χ1n) is 10.7. The number of tetrazole rings is 1. The summed E-state index contributed by atoms with van der Waals surface area (Å²) in [5, 5.41) is 17.2. The lowest BCUT2D eigenvalue weighted by Crippen LogP contribution is -2.30. The van der Waals surface area contributed by atoms with Crippen LogP contribution in [-0.4, -0.2) is 39.9 Å². The number of nitrogens with zero attached hydrogens (tertiary/aromatic N) is 4. The Balaban J connectivity index is 1.56. The molecule has 166 valence electrons. The molecule has 3 aromatic carbocycles. The molecule has 0 saturated carbocycles. The highest BCUT2D eigenvalue weighted by Crippen LogP contribution is 2.42. The molecule has 0 spiro atoms. The molecular weight excluding hydrogens is 418 g/mol. The Kier molecular flexibility index (Phi) is 5.48. The monoisotopic (exact) mass is 441 g/mol. The van der Waals surface area contributed by atoms with E-state index in [0.29, 0.717) is 29.4 Å². The van der Waals surface area contributed by atoms with Gasteiger partial charge in [0.15, 0.2) is 0 Å². The summed E-state index contributed by atoms with van der Waals surface area (Å²) in [5.74, 6) is 0.676. The summed E-state index contributed by atoms with van der Waals surface area (Å²) in [6, 6.07) is 21.2. The van der Waals surface area contributed by atoms with Crippen molar-refractivity contribution in [1.82, 2.24) is 20.2 Å². The van der Waals surface area contributed by atoms with E-state index >= 15 is 0 Å². The standard InChI is InChI=1S/C25H23N5O3/c1-16-21(24(31)33-15-14-17-8-4-3-5-9-17)23(30-25(26-16)27-28-29-30)22-19-11-7-6-10-18(19)12-13-20(22)32-2/h3-13,23H,14-15H2,1-2H3,(H,26,27,29). The predicted octanol–water partition coefficient (Wildman–Crippen LogP) is 3.91. The van der Waals surface area contributed by atoms with E-state index in [9.17, 15) is 4.79 Å². The molecule has 0 amide bonds. The largest absolute Gasteiger partial charge is 0.496 e. The minimum Gasteiger partial charge on any atom is -0.496 e. The van der Waals surface area contributed by atoms with Crippen molar-refractivity contribution in [2.24, 2.45) is 0 Å². The van der Waals surface area contributed by atoms with Crippen molar-refractivity contribution in [2.75, 3.05) is 19.0 Å². The number of allylic oxidation sites excluding steroid dienone is 1. The molecule has 1 N–H and O–H groups in total. The quantitative estimate of drug-likeness (QED) is 0.454. The van der Waals surface area contributed by atoms with Crippen LogP contribution in [0.1, 0.15) is 24.1 Å². The van der Waals surface area contributed by atoms with Crippen molar-refractivity contribution in [1.29, 1.82) is 0 Å². The molecule has 4 aromatic rings. The molecule has 1 unspecified atom stereocenters. The number of fused-ring (bicyclic) bond motifs is 2. The van der Waals surface area contributed by atoms with Gasteiger partial charge in [0, 0.05) is 17.7 Å². The minimum absolute atomic E-state index is 0.265. The van der Waals surface area contributed by atoms with Crippen molar-refractivity contribution < 1.29 is 14.3 Å². The normalized spacial score (nSPS) is 15.2. The van der Waals surface area contributed by atoms with E-state index in [2.05, 4.69) is 20.8 Å². The lowest BCUT2D eigenvalue weighted by molar-refractivity contribution is -0.139. The zero-order valence-corrected chi connectivity index (χ0v) is 18.4. The molecule has 5 rings (SSSR count). The van der Waals surface area contributed by atoms with Gasteiger partial charge in [-0.1, -0.05) is 65.8 Å². The maximum absolute atomic E-state index is 13.4. The molecule has 8 heteroatoms. The molecule has 0 aliphatic carbocycles. The second-order valence-corrected chi connectivity index (χ2v) is 7.79. The third kappa shape index (κ3) is 3.80. The third-order valence-electron chi connectivity index (χ3n) is 5.82. The van der Waals surface area contributed by atoms with Crippen LogP contribution < -0.4 is 10.1 Å². The average molecular weight is 441 g/mol. The second-order valence-electron chi connectivity index (χ2n) is 7.79. The Morgan fingerprint density at radius 3 is 2.67 bits per heavy atom. The number of carbonyl (C=O) groups is 1. The molecule has 0 fully saturated rings. The summed E-state index contributed by atoms with van der Waals surface area (Å²) < 4.78 is 13.1. The smallest absolute Gasteiger partial charge is 0.338 e. The van der Waals surface area contributed by atoms with Gasteiger partial charge in [0.05, 0.1) is 19.3 Å². The van der Waals surface area contributed by atoms with Gasteiger partial charge in [-0.15, -0.1) is 0 Å². The van der Waals surface area contributed by atoms with Gasteiger partial charge in [0.1, 0.15) is 11.8 Å². The third-order valence-corrected chi connectivity index (χ3v) is 5.82. The first kappa shape index (κ1) is 20.7. The van der Waals surface area contributed by atoms with Gasteiger partial charge >= 0.3 is 5.97 Å². The summed E-state index contributed by atoms with van der Waals surface area (Å²) in [6.45, 7) is 2.10. The van der Waals surface area contributed by atoms with Crippen LogP contribution in [0.5, 0.6) is 5.75 Å². The number of hydrogen-bond acceptors (Lipinski definition) is 7. The Morgan fingerprint density at radius 1 is 1.06 bits per heavy atom. The molecular formula is C25H23N5O3. The van der Waals surface area contributed by atoms with Crippen molar-refractivity contribution in [3.05, 3.63) is 89.1 Å². The molecule has 1 aliphatic rings. The van der Waals surface area contributed by atoms with Gasteiger partial charge in [-0.2, -0.15) is 4.68 Å². The maximum atomic E-state index is 13.4. The summed E-state index contributed by atoms with van der Waals surface area (Å²) in [4.78, 5) is 13.4. The lowest BCUT2D eigenvalue weighted by Gasteiger charge is -2.29. The zero-order valence-electron chi connectivity index (χ0n) is 18.4. The van der Waals surface area contributed by atoms with Crippen LogP contribution in [0, 0.1) is 0 Å². The van der Waals surface area contributed by atoms with Crippen molar-refractivity contribution in [3.8, 4) is 5.75 Å². The minimum atomic E-state index is -0.610. The summed E-state index contributed by atoms with van der Waals surface area (Å²) >= 11 is 0. The number of esters is 1. The van der Waals surface area contributed by atoms with Crippen LogP contribution in [0.25, 0.3) is 10.8 Å². The first-order valence-corrected chi connectivity index (χ1v) is 10.7. The summed E-state index contributed by atoms with van der Waals surface area (Å²) in [6.07, 6.45) is 0.630. The number of carbonyl (C=O) groups excluding carboxylic acids is 1. The maximum Gasteiger partial charge on any atom is 0.338 e. The molecule has 0 bridgehead atoms. The number of nitrogens with one attached hydrogen (secondary N) is 1. The number of anilines is 1. The molecule has 1 aromatic heterocycles. The Labute approximate surface area is 190 Å². The van der Waals surface area contributed by atoms with Gasteiger partial charge < -0.3 is 14.8 Å². The Hall–Kier alpha value is -4.20. The molecule has 0 radical (unpaired) electrons. The van der Waals surface area contributed by atoms with E-state index in [1.807, 2.05) is 73.7 Å². The second kappa shape index (κ2) is 8.74. The topological polar surface area (TPSA) is 91.2 Å². The van der Waals surface area contributed by atoms with Gasteiger partial charge in [0.25, 0.3) is 0 Å². The van der Waals surface area contributed by atoms with Gasteiger partial charge in [-0.05, 0) is 39.8 Å². The fraction of sp³-hybridized carbons (Fsp3) is 0.200. The van der Waals surface area contributed by atoms with E-state index in [-0.39, 0.29) is 6.61 Å². The van der Waals surface area contributed by atoms with Crippen LogP contribution in [0.15, 0.2) is 78.0 Å². The van der Waals surface area contributed by atoms with E-state index in [1.165, 1.54) is 0 Å². The first-order chi connectivity index (χ1) is 16.2. The number of hydrogen-bond donors (Lipinski definition) is 1.